The fraction of sp³-hybridized carbons (Fsp3) is 0.100. The van der Waals surface area contributed by atoms with Crippen molar-refractivity contribution in [2.75, 3.05) is 7.11 Å². The number of methoxy groups -OCH3 is 1. The van der Waals surface area contributed by atoms with Gasteiger partial charge in [-0.15, -0.1) is 11.8 Å². The van der Waals surface area contributed by atoms with Crippen LogP contribution in [0.15, 0.2) is 89.8 Å². The standard InChI is InChI=1S/C20H18OS/c1-21-18-12-14-19(15-13-18)22-20(16-8-4-2-5-9-16)17-10-6-3-7-11-17/h2-15,20H,1H3. The zero-order valence-electron chi connectivity index (χ0n) is 12.5. The molecule has 0 aliphatic heterocycles. The van der Waals surface area contributed by atoms with E-state index in [1.54, 1.807) is 7.11 Å². The van der Waals surface area contributed by atoms with E-state index in [1.165, 1.54) is 16.0 Å². The topological polar surface area (TPSA) is 9.23 Å². The summed E-state index contributed by atoms with van der Waals surface area (Å²) in [5.74, 6) is 0.889. The largest absolute Gasteiger partial charge is 0.497 e. The molecular weight excluding hydrogens is 288 g/mol. The highest BCUT2D eigenvalue weighted by Gasteiger charge is 2.15. The van der Waals surface area contributed by atoms with E-state index in [0.717, 1.165) is 5.75 Å². The minimum atomic E-state index is 0.288. The summed E-state index contributed by atoms with van der Waals surface area (Å²) in [6.07, 6.45) is 0. The molecule has 1 nitrogen and oxygen atoms in total. The van der Waals surface area contributed by atoms with E-state index in [4.69, 9.17) is 4.74 Å². The minimum Gasteiger partial charge on any atom is -0.497 e. The van der Waals surface area contributed by atoms with Gasteiger partial charge in [-0.2, -0.15) is 0 Å². The molecule has 3 rings (SSSR count). The van der Waals surface area contributed by atoms with Crippen molar-refractivity contribution in [3.8, 4) is 5.75 Å². The van der Waals surface area contributed by atoms with Crippen molar-refractivity contribution < 1.29 is 4.74 Å². The fourth-order valence-electron chi connectivity index (χ4n) is 2.37. The Balaban J connectivity index is 1.91. The maximum absolute atomic E-state index is 5.23. The maximum Gasteiger partial charge on any atom is 0.118 e. The van der Waals surface area contributed by atoms with Gasteiger partial charge in [-0.1, -0.05) is 60.7 Å². The molecule has 0 aliphatic carbocycles. The lowest BCUT2D eigenvalue weighted by Gasteiger charge is -2.18. The molecule has 0 saturated carbocycles. The van der Waals surface area contributed by atoms with Gasteiger partial charge in [0.1, 0.15) is 5.75 Å². The third-order valence-electron chi connectivity index (χ3n) is 3.52. The summed E-state index contributed by atoms with van der Waals surface area (Å²) in [7, 11) is 1.69. The van der Waals surface area contributed by atoms with E-state index in [0.29, 0.717) is 0 Å². The molecule has 0 fully saturated rings. The number of ether oxygens (including phenoxy) is 1. The average molecular weight is 306 g/mol. The highest BCUT2D eigenvalue weighted by Crippen LogP contribution is 2.40. The summed E-state index contributed by atoms with van der Waals surface area (Å²) < 4.78 is 5.23. The van der Waals surface area contributed by atoms with Gasteiger partial charge < -0.3 is 4.74 Å². The van der Waals surface area contributed by atoms with Crippen LogP contribution in [-0.4, -0.2) is 7.11 Å². The molecule has 0 aliphatic rings. The molecule has 0 radical (unpaired) electrons. The van der Waals surface area contributed by atoms with Crippen molar-refractivity contribution in [1.82, 2.24) is 0 Å². The SMILES string of the molecule is COc1ccc(SC(c2ccccc2)c2ccccc2)cc1. The van der Waals surface area contributed by atoms with Gasteiger partial charge in [0, 0.05) is 4.90 Å². The van der Waals surface area contributed by atoms with E-state index in [9.17, 15) is 0 Å². The molecule has 0 spiro atoms. The summed E-state index contributed by atoms with van der Waals surface area (Å²) in [6.45, 7) is 0. The Kier molecular flexibility index (Phi) is 4.81. The lowest BCUT2D eigenvalue weighted by molar-refractivity contribution is 0.414. The normalized spacial score (nSPS) is 10.6. The second-order valence-corrected chi connectivity index (χ2v) is 6.17. The van der Waals surface area contributed by atoms with Gasteiger partial charge in [0.05, 0.1) is 12.4 Å². The van der Waals surface area contributed by atoms with Crippen molar-refractivity contribution in [3.63, 3.8) is 0 Å². The summed E-state index contributed by atoms with van der Waals surface area (Å²) >= 11 is 1.86. The smallest absolute Gasteiger partial charge is 0.118 e. The summed E-state index contributed by atoms with van der Waals surface area (Å²) in [4.78, 5) is 1.23. The van der Waals surface area contributed by atoms with Crippen LogP contribution in [0.2, 0.25) is 0 Å². The van der Waals surface area contributed by atoms with Crippen LogP contribution in [0.5, 0.6) is 5.75 Å². The molecule has 0 aromatic heterocycles. The summed E-state index contributed by atoms with van der Waals surface area (Å²) in [5.41, 5.74) is 2.63. The van der Waals surface area contributed by atoms with E-state index >= 15 is 0 Å². The predicted octanol–water partition coefficient (Wildman–Crippen LogP) is 5.58. The van der Waals surface area contributed by atoms with Gasteiger partial charge in [-0.25, -0.2) is 0 Å². The number of benzene rings is 3. The second kappa shape index (κ2) is 7.19. The quantitative estimate of drug-likeness (QED) is 0.569. The first-order valence-corrected chi connectivity index (χ1v) is 8.15. The third kappa shape index (κ3) is 3.52. The fourth-order valence-corrected chi connectivity index (χ4v) is 3.53. The third-order valence-corrected chi connectivity index (χ3v) is 4.84. The molecule has 3 aromatic rings. The molecular formula is C20H18OS. The minimum absolute atomic E-state index is 0.288. The monoisotopic (exact) mass is 306 g/mol. The lowest BCUT2D eigenvalue weighted by atomic mass is 10.0. The zero-order chi connectivity index (χ0) is 15.2. The second-order valence-electron chi connectivity index (χ2n) is 4.99. The molecule has 2 heteroatoms. The van der Waals surface area contributed by atoms with Crippen LogP contribution in [-0.2, 0) is 0 Å². The first kappa shape index (κ1) is 14.7. The Morgan fingerprint density at radius 3 is 1.64 bits per heavy atom. The highest BCUT2D eigenvalue weighted by molar-refractivity contribution is 7.99. The lowest BCUT2D eigenvalue weighted by Crippen LogP contribution is -1.96. The van der Waals surface area contributed by atoms with E-state index < -0.39 is 0 Å². The highest BCUT2D eigenvalue weighted by atomic mass is 32.2. The number of rotatable bonds is 5. The van der Waals surface area contributed by atoms with Crippen LogP contribution < -0.4 is 4.74 Å². The van der Waals surface area contributed by atoms with Gasteiger partial charge in [0.15, 0.2) is 0 Å². The van der Waals surface area contributed by atoms with E-state index in [-0.39, 0.29) is 5.25 Å². The van der Waals surface area contributed by atoms with Gasteiger partial charge in [0.25, 0.3) is 0 Å². The molecule has 0 bridgehead atoms. The van der Waals surface area contributed by atoms with Crippen molar-refractivity contribution in [3.05, 3.63) is 96.1 Å². The Morgan fingerprint density at radius 1 is 0.682 bits per heavy atom. The molecule has 0 atom stereocenters. The van der Waals surface area contributed by atoms with Gasteiger partial charge in [-0.05, 0) is 35.4 Å². The summed E-state index contributed by atoms with van der Waals surface area (Å²) in [5, 5.41) is 0.288. The van der Waals surface area contributed by atoms with Gasteiger partial charge in [-0.3, -0.25) is 0 Å². The van der Waals surface area contributed by atoms with Crippen molar-refractivity contribution in [2.24, 2.45) is 0 Å². The molecule has 0 amide bonds. The van der Waals surface area contributed by atoms with Gasteiger partial charge >= 0.3 is 0 Å². The molecule has 22 heavy (non-hydrogen) atoms. The van der Waals surface area contributed by atoms with Crippen LogP contribution in [0.1, 0.15) is 16.4 Å². The molecule has 0 saturated heterocycles. The molecule has 0 unspecified atom stereocenters. The van der Waals surface area contributed by atoms with Crippen LogP contribution in [0.4, 0.5) is 0 Å². The van der Waals surface area contributed by atoms with Crippen LogP contribution in [0.25, 0.3) is 0 Å². The van der Waals surface area contributed by atoms with E-state index in [2.05, 4.69) is 72.8 Å². The maximum atomic E-state index is 5.23. The number of hydrogen-bond acceptors (Lipinski definition) is 2. The first-order valence-electron chi connectivity index (χ1n) is 7.27. The Morgan fingerprint density at radius 2 is 1.18 bits per heavy atom. The first-order chi connectivity index (χ1) is 10.9. The molecule has 0 heterocycles. The Hall–Kier alpha value is -2.19. The zero-order valence-corrected chi connectivity index (χ0v) is 13.3. The number of hydrogen-bond donors (Lipinski definition) is 0. The number of thioether (sulfide) groups is 1. The average Bonchev–Trinajstić information content (AvgIpc) is 2.62. The van der Waals surface area contributed by atoms with Crippen molar-refractivity contribution >= 4 is 11.8 Å². The van der Waals surface area contributed by atoms with E-state index in [1.807, 2.05) is 23.9 Å². The van der Waals surface area contributed by atoms with Crippen molar-refractivity contribution in [2.45, 2.75) is 10.1 Å². The van der Waals surface area contributed by atoms with Crippen LogP contribution in [0, 0.1) is 0 Å². The molecule has 110 valence electrons. The molecule has 0 N–H and O–H groups in total. The summed E-state index contributed by atoms with van der Waals surface area (Å²) in [6, 6.07) is 29.5. The Labute approximate surface area is 136 Å². The van der Waals surface area contributed by atoms with Crippen LogP contribution in [0.3, 0.4) is 0 Å². The molecule has 3 aromatic carbocycles. The van der Waals surface area contributed by atoms with Crippen LogP contribution >= 0.6 is 11.8 Å². The Bertz CT molecular complexity index is 653. The van der Waals surface area contributed by atoms with Crippen molar-refractivity contribution in [1.29, 1.82) is 0 Å². The van der Waals surface area contributed by atoms with Gasteiger partial charge in [0.2, 0.25) is 0 Å². The predicted molar refractivity (Wildman–Crippen MR) is 93.6 cm³/mol.